The summed E-state index contributed by atoms with van der Waals surface area (Å²) in [4.78, 5) is 22.6. The van der Waals surface area contributed by atoms with Gasteiger partial charge in [0.25, 0.3) is 0 Å². The highest BCUT2D eigenvalue weighted by molar-refractivity contribution is 6.37. The van der Waals surface area contributed by atoms with Crippen molar-refractivity contribution in [1.82, 2.24) is 0 Å². The lowest BCUT2D eigenvalue weighted by molar-refractivity contribution is -0.139. The van der Waals surface area contributed by atoms with Crippen molar-refractivity contribution in [1.29, 1.82) is 0 Å². The third kappa shape index (κ3) is 5.61. The van der Waals surface area contributed by atoms with E-state index in [1.807, 2.05) is 30.3 Å². The van der Waals surface area contributed by atoms with Crippen molar-refractivity contribution < 1.29 is 14.3 Å². The molecule has 0 saturated heterocycles. The molecule has 1 aromatic carbocycles. The number of ether oxygens (including phenoxy) is 1. The normalized spacial score (nSPS) is 10.2. The molecule has 0 N–H and O–H groups in total. The second kappa shape index (κ2) is 7.98. The van der Waals surface area contributed by atoms with Crippen LogP contribution in [0.1, 0.15) is 18.4 Å². The standard InChI is InChI=1S/C13H15ClO3/c14-8-4-7-12(15)13(16)10-17-9-11-5-2-1-3-6-11/h1-3,5-6H,4,7-10H2. The van der Waals surface area contributed by atoms with Crippen LogP contribution in [0.4, 0.5) is 0 Å². The molecule has 1 aromatic rings. The predicted octanol–water partition coefficient (Wildman–Crippen LogP) is 2.36. The quantitative estimate of drug-likeness (QED) is 0.528. The van der Waals surface area contributed by atoms with Crippen molar-refractivity contribution in [3.05, 3.63) is 35.9 Å². The minimum Gasteiger partial charge on any atom is -0.368 e. The summed E-state index contributed by atoms with van der Waals surface area (Å²) in [6.45, 7) is 0.186. The van der Waals surface area contributed by atoms with Crippen LogP contribution >= 0.6 is 11.6 Å². The first-order chi connectivity index (χ1) is 8.24. The summed E-state index contributed by atoms with van der Waals surface area (Å²) in [5.41, 5.74) is 0.980. The average Bonchev–Trinajstić information content (AvgIpc) is 2.37. The lowest BCUT2D eigenvalue weighted by Gasteiger charge is -2.03. The van der Waals surface area contributed by atoms with Crippen molar-refractivity contribution in [2.24, 2.45) is 0 Å². The lowest BCUT2D eigenvalue weighted by atomic mass is 10.2. The Hall–Kier alpha value is -1.19. The van der Waals surface area contributed by atoms with Gasteiger partial charge in [-0.3, -0.25) is 9.59 Å². The molecule has 4 heteroatoms. The molecule has 0 bridgehead atoms. The first-order valence-corrected chi connectivity index (χ1v) is 6.01. The highest BCUT2D eigenvalue weighted by Gasteiger charge is 2.12. The van der Waals surface area contributed by atoms with Crippen molar-refractivity contribution >= 4 is 23.2 Å². The fraction of sp³-hybridized carbons (Fsp3) is 0.385. The van der Waals surface area contributed by atoms with Crippen LogP contribution in [-0.4, -0.2) is 24.1 Å². The zero-order valence-electron chi connectivity index (χ0n) is 9.52. The highest BCUT2D eigenvalue weighted by atomic mass is 35.5. The van der Waals surface area contributed by atoms with E-state index in [9.17, 15) is 9.59 Å². The Morgan fingerprint density at radius 1 is 1.12 bits per heavy atom. The Bertz CT molecular complexity index is 362. The van der Waals surface area contributed by atoms with E-state index in [0.717, 1.165) is 5.56 Å². The minimum atomic E-state index is -0.481. The van der Waals surface area contributed by atoms with Gasteiger partial charge in [0.2, 0.25) is 11.6 Å². The van der Waals surface area contributed by atoms with Gasteiger partial charge in [-0.25, -0.2) is 0 Å². The van der Waals surface area contributed by atoms with Gasteiger partial charge >= 0.3 is 0 Å². The predicted molar refractivity (Wildman–Crippen MR) is 66.1 cm³/mol. The summed E-state index contributed by atoms with van der Waals surface area (Å²) in [6, 6.07) is 9.50. The fourth-order valence-corrected chi connectivity index (χ4v) is 1.42. The molecule has 1 rings (SSSR count). The van der Waals surface area contributed by atoms with Gasteiger partial charge in [-0.05, 0) is 12.0 Å². The summed E-state index contributed by atoms with van der Waals surface area (Å²) in [5.74, 6) is -0.492. The van der Waals surface area contributed by atoms with Crippen molar-refractivity contribution in [3.8, 4) is 0 Å². The number of alkyl halides is 1. The summed E-state index contributed by atoms with van der Waals surface area (Å²) >= 11 is 5.44. The molecular formula is C13H15ClO3. The van der Waals surface area contributed by atoms with E-state index in [1.54, 1.807) is 0 Å². The summed E-state index contributed by atoms with van der Waals surface area (Å²) in [6.07, 6.45) is 0.738. The van der Waals surface area contributed by atoms with E-state index in [-0.39, 0.29) is 13.0 Å². The number of halogens is 1. The second-order valence-electron chi connectivity index (χ2n) is 3.62. The molecule has 0 aliphatic heterocycles. The van der Waals surface area contributed by atoms with Crippen LogP contribution < -0.4 is 0 Å². The molecule has 0 saturated carbocycles. The molecular weight excluding hydrogens is 240 g/mol. The molecule has 0 radical (unpaired) electrons. The topological polar surface area (TPSA) is 43.4 Å². The van der Waals surface area contributed by atoms with Gasteiger partial charge < -0.3 is 4.74 Å². The van der Waals surface area contributed by atoms with Crippen LogP contribution in [0.15, 0.2) is 30.3 Å². The Labute approximate surface area is 106 Å². The van der Waals surface area contributed by atoms with Crippen molar-refractivity contribution in [2.45, 2.75) is 19.4 Å². The number of hydrogen-bond acceptors (Lipinski definition) is 3. The van der Waals surface area contributed by atoms with Crippen molar-refractivity contribution in [3.63, 3.8) is 0 Å². The van der Waals surface area contributed by atoms with E-state index in [1.165, 1.54) is 0 Å². The molecule has 0 unspecified atom stereocenters. The zero-order chi connectivity index (χ0) is 12.5. The van der Waals surface area contributed by atoms with Crippen LogP contribution in [0.3, 0.4) is 0 Å². The van der Waals surface area contributed by atoms with Gasteiger partial charge in [-0.1, -0.05) is 30.3 Å². The van der Waals surface area contributed by atoms with Gasteiger partial charge in [-0.15, -0.1) is 11.6 Å². The first-order valence-electron chi connectivity index (χ1n) is 5.47. The summed E-state index contributed by atoms with van der Waals surface area (Å²) < 4.78 is 5.18. The molecule has 3 nitrogen and oxygen atoms in total. The third-order valence-corrected chi connectivity index (χ3v) is 2.46. The Balaban J connectivity index is 2.22. The number of carbonyl (C=O) groups is 2. The van der Waals surface area contributed by atoms with Crippen LogP contribution in [0.25, 0.3) is 0 Å². The minimum absolute atomic E-state index is 0.157. The molecule has 0 aromatic heterocycles. The maximum absolute atomic E-state index is 11.3. The molecule has 0 aliphatic carbocycles. The van der Waals surface area contributed by atoms with E-state index < -0.39 is 11.6 Å². The monoisotopic (exact) mass is 254 g/mol. The van der Waals surface area contributed by atoms with Crippen molar-refractivity contribution in [2.75, 3.05) is 12.5 Å². The number of Topliss-reactive ketones (excluding diaryl/α,β-unsaturated/α-hetero) is 2. The second-order valence-corrected chi connectivity index (χ2v) is 4.00. The number of hydrogen-bond donors (Lipinski definition) is 0. The number of rotatable bonds is 8. The number of ketones is 2. The summed E-state index contributed by atoms with van der Waals surface area (Å²) in [7, 11) is 0. The SMILES string of the molecule is O=C(CCCCl)C(=O)COCc1ccccc1. The molecule has 0 fully saturated rings. The number of carbonyl (C=O) groups excluding carboxylic acids is 2. The molecule has 0 heterocycles. The molecule has 0 spiro atoms. The lowest BCUT2D eigenvalue weighted by Crippen LogP contribution is -2.19. The zero-order valence-corrected chi connectivity index (χ0v) is 10.3. The van der Waals surface area contributed by atoms with E-state index in [0.29, 0.717) is 18.9 Å². The molecule has 17 heavy (non-hydrogen) atoms. The molecule has 0 amide bonds. The highest BCUT2D eigenvalue weighted by Crippen LogP contribution is 2.01. The number of benzene rings is 1. The molecule has 0 aliphatic rings. The smallest absolute Gasteiger partial charge is 0.223 e. The van der Waals surface area contributed by atoms with E-state index in [4.69, 9.17) is 16.3 Å². The Morgan fingerprint density at radius 2 is 1.82 bits per heavy atom. The first kappa shape index (κ1) is 13.9. The van der Waals surface area contributed by atoms with Crippen LogP contribution in [-0.2, 0) is 20.9 Å². The Kier molecular flexibility index (Phi) is 6.51. The molecule has 92 valence electrons. The third-order valence-electron chi connectivity index (χ3n) is 2.19. The van der Waals surface area contributed by atoms with E-state index in [2.05, 4.69) is 0 Å². The van der Waals surface area contributed by atoms with Crippen LogP contribution in [0.5, 0.6) is 0 Å². The largest absolute Gasteiger partial charge is 0.368 e. The van der Waals surface area contributed by atoms with Gasteiger partial charge in [-0.2, -0.15) is 0 Å². The maximum atomic E-state index is 11.3. The van der Waals surface area contributed by atoms with Gasteiger partial charge in [0.05, 0.1) is 6.61 Å². The van der Waals surface area contributed by atoms with Crippen LogP contribution in [0.2, 0.25) is 0 Å². The summed E-state index contributed by atoms with van der Waals surface area (Å²) in [5, 5.41) is 0. The fourth-order valence-electron chi connectivity index (χ4n) is 1.28. The Morgan fingerprint density at radius 3 is 2.47 bits per heavy atom. The van der Waals surface area contributed by atoms with Crippen LogP contribution in [0, 0.1) is 0 Å². The van der Waals surface area contributed by atoms with E-state index >= 15 is 0 Å². The van der Waals surface area contributed by atoms with Gasteiger partial charge in [0, 0.05) is 12.3 Å². The maximum Gasteiger partial charge on any atom is 0.223 e. The van der Waals surface area contributed by atoms with Gasteiger partial charge in [0.15, 0.2) is 0 Å². The van der Waals surface area contributed by atoms with Gasteiger partial charge in [0.1, 0.15) is 6.61 Å². The average molecular weight is 255 g/mol. The molecule has 0 atom stereocenters.